The van der Waals surface area contributed by atoms with Gasteiger partial charge in [0, 0.05) is 75.4 Å². The van der Waals surface area contributed by atoms with Crippen LogP contribution in [0.5, 0.6) is 0 Å². The first-order chi connectivity index (χ1) is 24.2. The highest BCUT2D eigenvalue weighted by Gasteiger charge is 2.33. The Labute approximate surface area is 306 Å². The first-order valence-corrected chi connectivity index (χ1v) is 20.7. The molecule has 0 atom stereocenters. The molecule has 5 amide bonds. The van der Waals surface area contributed by atoms with Gasteiger partial charge in [0.05, 0.1) is 0 Å². The van der Waals surface area contributed by atoms with Gasteiger partial charge in [0.15, 0.2) is 0 Å². The zero-order chi connectivity index (χ0) is 36.0. The minimum Gasteiger partial charge on any atom is -0.356 e. The van der Waals surface area contributed by atoms with Gasteiger partial charge in [0.2, 0.25) is 5.91 Å². The van der Waals surface area contributed by atoms with Crippen molar-refractivity contribution in [2.45, 2.75) is 87.1 Å². The molecule has 18 heteroatoms. The Morgan fingerprint density at radius 3 is 1.58 bits per heavy atom. The van der Waals surface area contributed by atoms with Crippen molar-refractivity contribution in [2.75, 3.05) is 18.1 Å². The molecule has 2 aromatic heterocycles. The molecule has 4 rings (SSSR count). The number of aromatic nitrogens is 2. The second-order valence-corrected chi connectivity index (χ2v) is 15.5. The number of hydrogen-bond acceptors (Lipinski definition) is 15. The van der Waals surface area contributed by atoms with Crippen LogP contribution in [0.25, 0.3) is 0 Å². The second kappa shape index (κ2) is 23.7. The fraction of sp³-hybridized carbons (Fsp3) is 0.469. The first kappa shape index (κ1) is 40.8. The van der Waals surface area contributed by atoms with E-state index < -0.39 is 35.6 Å². The normalized spacial score (nSPS) is 14.0. The molecule has 2 saturated heterocycles. The molecule has 4 heterocycles. The average Bonchev–Trinajstić information content (AvgIpc) is 3.61. The topological polar surface area (TPSA) is 182 Å². The van der Waals surface area contributed by atoms with Gasteiger partial charge in [0.25, 0.3) is 23.6 Å². The summed E-state index contributed by atoms with van der Waals surface area (Å²) in [5.74, 6) is -1.37. The summed E-state index contributed by atoms with van der Waals surface area (Å²) in [6.45, 7) is 0.551. The van der Waals surface area contributed by atoms with Gasteiger partial charge < -0.3 is 15.0 Å². The molecule has 0 aromatic carbocycles. The van der Waals surface area contributed by atoms with Crippen LogP contribution in [0, 0.1) is 0 Å². The van der Waals surface area contributed by atoms with E-state index in [1.165, 1.54) is 0 Å². The molecule has 0 spiro atoms. The maximum absolute atomic E-state index is 11.8. The Hall–Kier alpha value is -3.61. The largest absolute Gasteiger partial charge is 0.356 e. The van der Waals surface area contributed by atoms with Crippen LogP contribution in [-0.4, -0.2) is 79.6 Å². The van der Waals surface area contributed by atoms with Crippen LogP contribution in [0.2, 0.25) is 0 Å². The van der Waals surface area contributed by atoms with E-state index in [4.69, 9.17) is 9.68 Å². The number of hydrogen-bond donors (Lipinski definition) is 1. The summed E-state index contributed by atoms with van der Waals surface area (Å²) in [4.78, 5) is 98.2. The smallest absolute Gasteiger partial charge is 0.333 e. The number of unbranched alkanes of at least 4 members (excludes halogenated alkanes) is 3. The lowest BCUT2D eigenvalue weighted by Gasteiger charge is -2.12. The van der Waals surface area contributed by atoms with Gasteiger partial charge in [-0.15, -0.1) is 10.1 Å². The van der Waals surface area contributed by atoms with Crippen molar-refractivity contribution in [3.8, 4) is 0 Å². The predicted molar refractivity (Wildman–Crippen MR) is 189 cm³/mol. The van der Waals surface area contributed by atoms with E-state index in [1.807, 2.05) is 36.4 Å². The highest BCUT2D eigenvalue weighted by atomic mass is 33.1. The Morgan fingerprint density at radius 1 is 0.620 bits per heavy atom. The monoisotopic (exact) mass is 765 g/mol. The van der Waals surface area contributed by atoms with Crippen LogP contribution in [0.1, 0.15) is 77.0 Å². The maximum atomic E-state index is 11.8. The summed E-state index contributed by atoms with van der Waals surface area (Å²) in [6, 6.07) is 11.5. The van der Waals surface area contributed by atoms with Crippen molar-refractivity contribution in [3.63, 3.8) is 0 Å². The molecule has 0 radical (unpaired) electrons. The number of nitrogens with zero attached hydrogens (tertiary/aromatic N) is 4. The van der Waals surface area contributed by atoms with E-state index >= 15 is 0 Å². The highest BCUT2D eigenvalue weighted by molar-refractivity contribution is 8.77. The Balaban J connectivity index is 0.000000278. The molecule has 14 nitrogen and oxygen atoms in total. The van der Waals surface area contributed by atoms with E-state index in [0.29, 0.717) is 41.7 Å². The van der Waals surface area contributed by atoms with Crippen LogP contribution in [-0.2, 0) is 43.2 Å². The third-order valence-electron chi connectivity index (χ3n) is 6.61. The summed E-state index contributed by atoms with van der Waals surface area (Å²) >= 11 is 0. The third kappa shape index (κ3) is 16.4. The van der Waals surface area contributed by atoms with Crippen molar-refractivity contribution >= 4 is 84.7 Å². The van der Waals surface area contributed by atoms with Crippen LogP contribution in [0.3, 0.4) is 0 Å². The zero-order valence-electron chi connectivity index (χ0n) is 27.3. The van der Waals surface area contributed by atoms with Crippen LogP contribution in [0.15, 0.2) is 58.8 Å². The quantitative estimate of drug-likeness (QED) is 0.107. The number of carbonyl (C=O) groups excluding carboxylic acids is 7. The van der Waals surface area contributed by atoms with Gasteiger partial charge >= 0.3 is 11.9 Å². The fourth-order valence-electron chi connectivity index (χ4n) is 4.06. The van der Waals surface area contributed by atoms with E-state index in [9.17, 15) is 33.6 Å². The lowest BCUT2D eigenvalue weighted by atomic mass is 10.2. The van der Waals surface area contributed by atoms with Gasteiger partial charge in [-0.1, -0.05) is 40.1 Å². The molecule has 0 bridgehead atoms. The number of carbonyl (C=O) groups is 7. The van der Waals surface area contributed by atoms with Crippen molar-refractivity contribution in [3.05, 3.63) is 48.8 Å². The molecule has 50 heavy (non-hydrogen) atoms. The van der Waals surface area contributed by atoms with Gasteiger partial charge in [0.1, 0.15) is 10.1 Å². The molecule has 1 N–H and O–H groups in total. The standard InChI is InChI=1S/C18H23N3O5S2.C14H16N2O4S2/c22-14(10-13-27-28-15-6-3-5-12-20-15)19-11-4-1-2-7-18(25)26-21-16(23)8-9-17(21)24;17-12-7-8-13(18)16(12)20-14(19)6-2-4-10-21-22-11-5-1-3-9-15-11/h3,5-6,12H,1-2,4,7-11,13H2,(H,19,22);1,3,5,9H,2,4,6-8,10H2. The van der Waals surface area contributed by atoms with Gasteiger partial charge in [-0.2, -0.15) is 0 Å². The average molecular weight is 766 g/mol. The molecule has 2 fully saturated rings. The van der Waals surface area contributed by atoms with Gasteiger partial charge in [-0.05, 0) is 71.5 Å². The second-order valence-electron chi connectivity index (χ2n) is 10.6. The summed E-state index contributed by atoms with van der Waals surface area (Å²) < 4.78 is 0. The summed E-state index contributed by atoms with van der Waals surface area (Å²) in [6.07, 6.45) is 8.23. The van der Waals surface area contributed by atoms with E-state index in [-0.39, 0.29) is 44.4 Å². The maximum Gasteiger partial charge on any atom is 0.333 e. The number of amides is 5. The molecule has 0 unspecified atom stereocenters. The van der Waals surface area contributed by atoms with E-state index in [1.54, 1.807) is 55.6 Å². The molecular formula is C32H39N5O9S4. The lowest BCUT2D eigenvalue weighted by Crippen LogP contribution is -2.31. The number of pyridine rings is 2. The van der Waals surface area contributed by atoms with Crippen molar-refractivity contribution < 1.29 is 43.2 Å². The first-order valence-electron chi connectivity index (χ1n) is 16.0. The Kier molecular flexibility index (Phi) is 19.4. The number of imide groups is 2. The SMILES string of the molecule is O=C(CCCCSSc1ccccn1)ON1C(=O)CCC1=O.O=C(CCSSc1ccccn1)NCCCCCC(=O)ON1C(=O)CCC1=O. The molecule has 2 aliphatic rings. The van der Waals surface area contributed by atoms with E-state index in [0.717, 1.165) is 35.1 Å². The Morgan fingerprint density at radius 2 is 1.10 bits per heavy atom. The van der Waals surface area contributed by atoms with Gasteiger partial charge in [-0.3, -0.25) is 24.0 Å². The molecule has 0 saturated carbocycles. The Bertz CT molecular complexity index is 1410. The molecule has 2 aromatic rings. The molecule has 2 aliphatic heterocycles. The zero-order valence-corrected chi connectivity index (χ0v) is 30.6. The minimum atomic E-state index is -0.588. The predicted octanol–water partition coefficient (Wildman–Crippen LogP) is 5.10. The lowest BCUT2D eigenvalue weighted by molar-refractivity contribution is -0.197. The molecule has 270 valence electrons. The minimum absolute atomic E-state index is 0.000381. The molecular weight excluding hydrogens is 727 g/mol. The van der Waals surface area contributed by atoms with Crippen molar-refractivity contribution in [1.29, 1.82) is 0 Å². The van der Waals surface area contributed by atoms with Crippen LogP contribution < -0.4 is 5.32 Å². The summed E-state index contributed by atoms with van der Waals surface area (Å²) in [5, 5.41) is 5.88. The third-order valence-corrected chi connectivity index (χ3v) is 11.2. The van der Waals surface area contributed by atoms with Gasteiger partial charge in [-0.25, -0.2) is 19.6 Å². The van der Waals surface area contributed by atoms with Crippen LogP contribution in [0.4, 0.5) is 0 Å². The van der Waals surface area contributed by atoms with Crippen molar-refractivity contribution in [2.24, 2.45) is 0 Å². The van der Waals surface area contributed by atoms with Crippen molar-refractivity contribution in [1.82, 2.24) is 25.4 Å². The number of nitrogens with one attached hydrogen (secondary N) is 1. The van der Waals surface area contributed by atoms with Crippen LogP contribution >= 0.6 is 43.2 Å². The summed E-state index contributed by atoms with van der Waals surface area (Å²) in [7, 11) is 6.41. The summed E-state index contributed by atoms with van der Waals surface area (Å²) in [5.41, 5.74) is 0. The number of hydroxylamine groups is 4. The molecule has 0 aliphatic carbocycles. The van der Waals surface area contributed by atoms with E-state index in [2.05, 4.69) is 15.3 Å². The fourth-order valence-corrected chi connectivity index (χ4v) is 7.95. The highest BCUT2D eigenvalue weighted by Crippen LogP contribution is 2.30. The number of rotatable bonds is 20.